The highest BCUT2D eigenvalue weighted by Gasteiger charge is 2.09. The van der Waals surface area contributed by atoms with Gasteiger partial charge in [-0.2, -0.15) is 0 Å². The largest absolute Gasteiger partial charge is 0.399 e. The monoisotopic (exact) mass is 312 g/mol. The van der Waals surface area contributed by atoms with Crippen molar-refractivity contribution < 1.29 is 8.78 Å². The predicted octanol–water partition coefficient (Wildman–Crippen LogP) is 4.36. The molecule has 94 valence electrons. The second kappa shape index (κ2) is 4.94. The molecule has 0 atom stereocenters. The normalized spacial score (nSPS) is 10.4. The summed E-state index contributed by atoms with van der Waals surface area (Å²) in [6.07, 6.45) is 0. The third kappa shape index (κ3) is 2.61. The van der Waals surface area contributed by atoms with Crippen LogP contribution in [0, 0.1) is 18.6 Å². The number of nitrogen functional groups attached to an aromatic ring is 1. The zero-order valence-corrected chi connectivity index (χ0v) is 11.2. The number of nitrogens with one attached hydrogen (secondary N) is 1. The summed E-state index contributed by atoms with van der Waals surface area (Å²) in [6.45, 7) is 1.86. The van der Waals surface area contributed by atoms with Gasteiger partial charge in [-0.25, -0.2) is 8.78 Å². The van der Waals surface area contributed by atoms with E-state index in [1.54, 1.807) is 18.2 Å². The van der Waals surface area contributed by atoms with Crippen LogP contribution in [0.1, 0.15) is 5.56 Å². The lowest BCUT2D eigenvalue weighted by Crippen LogP contribution is -1.98. The summed E-state index contributed by atoms with van der Waals surface area (Å²) >= 11 is 3.02. The van der Waals surface area contributed by atoms with Crippen molar-refractivity contribution in [3.63, 3.8) is 0 Å². The molecule has 2 rings (SSSR count). The molecule has 0 saturated carbocycles. The summed E-state index contributed by atoms with van der Waals surface area (Å²) < 4.78 is 26.9. The Kier molecular flexibility index (Phi) is 3.52. The average molecular weight is 313 g/mol. The molecule has 0 aromatic heterocycles. The van der Waals surface area contributed by atoms with E-state index in [-0.39, 0.29) is 10.2 Å². The number of aryl methyl sites for hydroxylation is 1. The van der Waals surface area contributed by atoms with E-state index in [1.807, 2.05) is 6.92 Å². The highest BCUT2D eigenvalue weighted by atomic mass is 79.9. The van der Waals surface area contributed by atoms with E-state index < -0.39 is 11.6 Å². The first kappa shape index (κ1) is 12.8. The van der Waals surface area contributed by atoms with Gasteiger partial charge in [-0.3, -0.25) is 0 Å². The molecule has 0 unspecified atom stereocenters. The Bertz CT molecular complexity index is 600. The minimum atomic E-state index is -0.646. The minimum absolute atomic E-state index is 0.205. The van der Waals surface area contributed by atoms with E-state index in [2.05, 4.69) is 21.2 Å². The number of halogens is 3. The molecule has 18 heavy (non-hydrogen) atoms. The lowest BCUT2D eigenvalue weighted by atomic mass is 10.1. The van der Waals surface area contributed by atoms with Crippen molar-refractivity contribution in [1.82, 2.24) is 0 Å². The third-order valence-corrected chi connectivity index (χ3v) is 3.14. The van der Waals surface area contributed by atoms with Gasteiger partial charge in [-0.1, -0.05) is 0 Å². The van der Waals surface area contributed by atoms with Crippen LogP contribution in [0.25, 0.3) is 0 Å². The van der Waals surface area contributed by atoms with Gasteiger partial charge in [0.15, 0.2) is 0 Å². The van der Waals surface area contributed by atoms with Gasteiger partial charge in [-0.05, 0) is 52.7 Å². The summed E-state index contributed by atoms with van der Waals surface area (Å²) in [5.74, 6) is -1.28. The van der Waals surface area contributed by atoms with E-state index >= 15 is 0 Å². The Morgan fingerprint density at radius 2 is 1.78 bits per heavy atom. The van der Waals surface area contributed by atoms with Crippen molar-refractivity contribution in [2.45, 2.75) is 6.92 Å². The Balaban J connectivity index is 2.37. The van der Waals surface area contributed by atoms with E-state index in [0.29, 0.717) is 5.69 Å². The fraction of sp³-hybridized carbons (Fsp3) is 0.0769. The van der Waals surface area contributed by atoms with Crippen molar-refractivity contribution in [2.75, 3.05) is 11.1 Å². The smallest absolute Gasteiger partial charge is 0.149 e. The summed E-state index contributed by atoms with van der Waals surface area (Å²) in [5.41, 5.74) is 8.09. The van der Waals surface area contributed by atoms with Gasteiger partial charge in [0.25, 0.3) is 0 Å². The molecule has 0 aliphatic heterocycles. The molecule has 0 heterocycles. The fourth-order valence-electron chi connectivity index (χ4n) is 1.59. The molecule has 0 fully saturated rings. The molecule has 0 spiro atoms. The van der Waals surface area contributed by atoms with Crippen LogP contribution in [-0.4, -0.2) is 0 Å². The maximum absolute atomic E-state index is 13.6. The molecular weight excluding hydrogens is 302 g/mol. The number of hydrogen-bond acceptors (Lipinski definition) is 2. The molecule has 0 radical (unpaired) electrons. The predicted molar refractivity (Wildman–Crippen MR) is 72.9 cm³/mol. The standard InChI is InChI=1S/C13H11BrF2N2/c1-7-4-8(17)2-3-12(7)18-13-5-9(14)10(15)6-11(13)16/h2-6,18H,17H2,1H3. The van der Waals surface area contributed by atoms with Crippen LogP contribution in [0.2, 0.25) is 0 Å². The summed E-state index contributed by atoms with van der Waals surface area (Å²) in [4.78, 5) is 0. The topological polar surface area (TPSA) is 38.0 Å². The second-order valence-corrected chi connectivity index (χ2v) is 4.80. The first-order valence-corrected chi connectivity index (χ1v) is 6.04. The van der Waals surface area contributed by atoms with Crippen LogP contribution in [0.15, 0.2) is 34.8 Å². The summed E-state index contributed by atoms with van der Waals surface area (Å²) in [5, 5.41) is 2.91. The molecule has 0 aliphatic rings. The number of rotatable bonds is 2. The van der Waals surface area contributed by atoms with Crippen LogP contribution >= 0.6 is 15.9 Å². The van der Waals surface area contributed by atoms with E-state index in [4.69, 9.17) is 5.73 Å². The average Bonchev–Trinajstić information content (AvgIpc) is 2.29. The highest BCUT2D eigenvalue weighted by Crippen LogP contribution is 2.28. The molecule has 3 N–H and O–H groups in total. The van der Waals surface area contributed by atoms with Crippen molar-refractivity contribution in [3.8, 4) is 0 Å². The molecule has 5 heteroatoms. The van der Waals surface area contributed by atoms with Crippen LogP contribution in [0.4, 0.5) is 25.8 Å². The van der Waals surface area contributed by atoms with E-state index in [9.17, 15) is 8.78 Å². The maximum atomic E-state index is 13.6. The highest BCUT2D eigenvalue weighted by molar-refractivity contribution is 9.10. The Morgan fingerprint density at radius 1 is 1.06 bits per heavy atom. The maximum Gasteiger partial charge on any atom is 0.149 e. The minimum Gasteiger partial charge on any atom is -0.399 e. The van der Waals surface area contributed by atoms with Crippen LogP contribution in [0.5, 0.6) is 0 Å². The lowest BCUT2D eigenvalue weighted by molar-refractivity contribution is 0.581. The molecule has 2 aromatic carbocycles. The van der Waals surface area contributed by atoms with Gasteiger partial charge in [0, 0.05) is 17.4 Å². The van der Waals surface area contributed by atoms with Crippen LogP contribution in [-0.2, 0) is 0 Å². The van der Waals surface area contributed by atoms with Gasteiger partial charge in [0.05, 0.1) is 10.2 Å². The Hall–Kier alpha value is -1.62. The van der Waals surface area contributed by atoms with Gasteiger partial charge >= 0.3 is 0 Å². The second-order valence-electron chi connectivity index (χ2n) is 3.95. The van der Waals surface area contributed by atoms with Gasteiger partial charge in [0.2, 0.25) is 0 Å². The quantitative estimate of drug-likeness (QED) is 0.638. The summed E-state index contributed by atoms with van der Waals surface area (Å²) in [7, 11) is 0. The zero-order valence-electron chi connectivity index (χ0n) is 9.60. The summed E-state index contributed by atoms with van der Waals surface area (Å²) in [6, 6.07) is 7.44. The SMILES string of the molecule is Cc1cc(N)ccc1Nc1cc(Br)c(F)cc1F. The first-order valence-electron chi connectivity index (χ1n) is 5.25. The van der Waals surface area contributed by atoms with Crippen molar-refractivity contribution in [2.24, 2.45) is 0 Å². The molecule has 0 amide bonds. The first-order chi connectivity index (χ1) is 8.47. The van der Waals surface area contributed by atoms with Gasteiger partial charge in [0.1, 0.15) is 11.6 Å². The van der Waals surface area contributed by atoms with Crippen molar-refractivity contribution in [1.29, 1.82) is 0 Å². The Labute approximate surface area is 112 Å². The van der Waals surface area contributed by atoms with Gasteiger partial charge in [-0.15, -0.1) is 0 Å². The number of anilines is 3. The molecule has 2 aromatic rings. The molecule has 0 bridgehead atoms. The van der Waals surface area contributed by atoms with Gasteiger partial charge < -0.3 is 11.1 Å². The van der Waals surface area contributed by atoms with Crippen molar-refractivity contribution >= 4 is 33.0 Å². The third-order valence-electron chi connectivity index (χ3n) is 2.53. The number of benzene rings is 2. The fourth-order valence-corrected chi connectivity index (χ4v) is 1.93. The van der Waals surface area contributed by atoms with Crippen LogP contribution in [0.3, 0.4) is 0 Å². The number of nitrogens with two attached hydrogens (primary N) is 1. The molecule has 0 aliphatic carbocycles. The number of hydrogen-bond donors (Lipinski definition) is 2. The van der Waals surface area contributed by atoms with E-state index in [0.717, 1.165) is 17.3 Å². The van der Waals surface area contributed by atoms with E-state index in [1.165, 1.54) is 6.07 Å². The molecule has 0 saturated heterocycles. The lowest BCUT2D eigenvalue weighted by Gasteiger charge is -2.11. The van der Waals surface area contributed by atoms with Crippen molar-refractivity contribution in [3.05, 3.63) is 52.0 Å². The molecule has 2 nitrogen and oxygen atoms in total. The zero-order chi connectivity index (χ0) is 13.3. The Morgan fingerprint density at radius 3 is 2.44 bits per heavy atom. The molecular formula is C13H11BrF2N2. The van der Waals surface area contributed by atoms with Crippen LogP contribution < -0.4 is 11.1 Å².